The van der Waals surface area contributed by atoms with Gasteiger partial charge in [-0.15, -0.1) is 23.1 Å². The minimum Gasteiger partial charge on any atom is -0.322 e. The number of non-ortho nitro benzene ring substituents is 1. The predicted molar refractivity (Wildman–Crippen MR) is 144 cm³/mol. The van der Waals surface area contributed by atoms with Crippen LogP contribution in [0.5, 0.6) is 0 Å². The Balaban J connectivity index is 1.34. The summed E-state index contributed by atoms with van der Waals surface area (Å²) in [6, 6.07) is 20.7. The molecule has 36 heavy (non-hydrogen) atoms. The Labute approximate surface area is 215 Å². The second-order valence-corrected chi connectivity index (χ2v) is 10.2. The number of nitro benzene ring substituents is 1. The summed E-state index contributed by atoms with van der Waals surface area (Å²) in [6.07, 6.45) is 0. The van der Waals surface area contributed by atoms with Crippen molar-refractivity contribution in [1.29, 1.82) is 0 Å². The van der Waals surface area contributed by atoms with Crippen LogP contribution >= 0.6 is 23.1 Å². The van der Waals surface area contributed by atoms with Crippen molar-refractivity contribution in [2.75, 3.05) is 16.4 Å². The monoisotopic (exact) mass is 518 g/mol. The molecule has 3 aromatic carbocycles. The molecule has 0 aliphatic heterocycles. The van der Waals surface area contributed by atoms with E-state index in [4.69, 9.17) is 0 Å². The lowest BCUT2D eigenvalue weighted by Crippen LogP contribution is -2.14. The lowest BCUT2D eigenvalue weighted by molar-refractivity contribution is -0.384. The first-order valence-corrected chi connectivity index (χ1v) is 12.7. The van der Waals surface area contributed by atoms with Crippen molar-refractivity contribution >= 4 is 51.4 Å². The highest BCUT2D eigenvalue weighted by Gasteiger charge is 2.14. The first-order chi connectivity index (χ1) is 17.3. The number of nitrogens with one attached hydrogen (secondary N) is 2. The van der Waals surface area contributed by atoms with Crippen molar-refractivity contribution in [3.63, 3.8) is 0 Å². The van der Waals surface area contributed by atoms with Gasteiger partial charge >= 0.3 is 0 Å². The van der Waals surface area contributed by atoms with Gasteiger partial charge in [0.1, 0.15) is 0 Å². The molecule has 0 saturated carbocycles. The molecule has 0 aliphatic rings. The molecule has 2 amide bonds. The number of rotatable bonds is 8. The number of hydrogen-bond donors (Lipinski definition) is 2. The number of thiazole rings is 1. The Morgan fingerprint density at radius 1 is 1.00 bits per heavy atom. The van der Waals surface area contributed by atoms with E-state index in [1.165, 1.54) is 52.9 Å². The van der Waals surface area contributed by atoms with Crippen molar-refractivity contribution in [1.82, 2.24) is 4.98 Å². The van der Waals surface area contributed by atoms with Crippen LogP contribution in [0.15, 0.2) is 77.7 Å². The van der Waals surface area contributed by atoms with Gasteiger partial charge in [0.15, 0.2) is 5.13 Å². The summed E-state index contributed by atoms with van der Waals surface area (Å²) in [6.45, 7) is 4.01. The molecule has 4 rings (SSSR count). The van der Waals surface area contributed by atoms with E-state index in [0.29, 0.717) is 10.8 Å². The number of aromatic nitrogens is 1. The van der Waals surface area contributed by atoms with E-state index >= 15 is 0 Å². The van der Waals surface area contributed by atoms with Crippen LogP contribution in [-0.2, 0) is 4.79 Å². The van der Waals surface area contributed by atoms with Gasteiger partial charge in [-0.1, -0.05) is 42.0 Å². The zero-order valence-corrected chi connectivity index (χ0v) is 21.1. The van der Waals surface area contributed by atoms with Crippen molar-refractivity contribution in [3.8, 4) is 11.3 Å². The molecule has 0 radical (unpaired) electrons. The minimum atomic E-state index is -0.546. The Hall–Kier alpha value is -4.02. The molecule has 0 aliphatic carbocycles. The van der Waals surface area contributed by atoms with E-state index in [9.17, 15) is 19.7 Å². The van der Waals surface area contributed by atoms with E-state index < -0.39 is 10.8 Å². The smallest absolute Gasteiger partial charge is 0.270 e. The third-order valence-corrected chi connectivity index (χ3v) is 7.03. The third-order valence-electron chi connectivity index (χ3n) is 5.15. The zero-order valence-electron chi connectivity index (χ0n) is 19.5. The van der Waals surface area contributed by atoms with Gasteiger partial charge in [0.2, 0.25) is 5.91 Å². The highest BCUT2D eigenvalue weighted by Crippen LogP contribution is 2.31. The molecule has 0 bridgehead atoms. The van der Waals surface area contributed by atoms with E-state index in [-0.39, 0.29) is 22.9 Å². The topological polar surface area (TPSA) is 114 Å². The van der Waals surface area contributed by atoms with Gasteiger partial charge in [-0.3, -0.25) is 19.7 Å². The fourth-order valence-corrected chi connectivity index (χ4v) is 4.97. The van der Waals surface area contributed by atoms with Crippen LogP contribution in [0.1, 0.15) is 20.8 Å². The fraction of sp³-hybridized carbons (Fsp3) is 0.115. The summed E-state index contributed by atoms with van der Waals surface area (Å²) in [5, 5.41) is 17.1. The molecule has 1 heterocycles. The number of nitro groups is 1. The molecule has 2 N–H and O–H groups in total. The highest BCUT2D eigenvalue weighted by molar-refractivity contribution is 8.00. The number of aryl methyl sites for hydroxylation is 2. The summed E-state index contributed by atoms with van der Waals surface area (Å²) in [5.74, 6) is -0.474. The van der Waals surface area contributed by atoms with Crippen LogP contribution in [0, 0.1) is 24.0 Å². The number of anilines is 2. The maximum Gasteiger partial charge on any atom is 0.270 e. The summed E-state index contributed by atoms with van der Waals surface area (Å²) in [5.41, 5.74) is 3.59. The largest absolute Gasteiger partial charge is 0.322 e. The number of thioether (sulfide) groups is 1. The molecule has 0 unspecified atom stereocenters. The number of amides is 2. The second kappa shape index (κ2) is 11.1. The van der Waals surface area contributed by atoms with Crippen LogP contribution in [0.2, 0.25) is 0 Å². The molecule has 0 spiro atoms. The van der Waals surface area contributed by atoms with Crippen LogP contribution in [0.25, 0.3) is 11.3 Å². The molecule has 1 aromatic heterocycles. The molecule has 0 fully saturated rings. The Bertz CT molecular complexity index is 1430. The molecule has 0 saturated heterocycles. The van der Waals surface area contributed by atoms with Crippen LogP contribution in [0.4, 0.5) is 16.5 Å². The lowest BCUT2D eigenvalue weighted by atomic mass is 10.1. The van der Waals surface area contributed by atoms with E-state index in [1.54, 1.807) is 18.2 Å². The Morgan fingerprint density at radius 2 is 1.75 bits per heavy atom. The van der Waals surface area contributed by atoms with Crippen molar-refractivity contribution < 1.29 is 14.5 Å². The number of hydrogen-bond acceptors (Lipinski definition) is 7. The quantitative estimate of drug-likeness (QED) is 0.160. The van der Waals surface area contributed by atoms with Gasteiger partial charge in [-0.05, 0) is 38.1 Å². The maximum absolute atomic E-state index is 12.5. The van der Waals surface area contributed by atoms with Crippen LogP contribution < -0.4 is 10.6 Å². The minimum absolute atomic E-state index is 0.153. The number of nitrogens with zero attached hydrogens (tertiary/aromatic N) is 2. The lowest BCUT2D eigenvalue weighted by Gasteiger charge is -2.08. The number of benzene rings is 3. The van der Waals surface area contributed by atoms with Crippen molar-refractivity contribution in [2.45, 2.75) is 18.7 Å². The van der Waals surface area contributed by atoms with E-state index in [2.05, 4.69) is 15.6 Å². The standard InChI is InChI=1S/C26H22N4O4S2/c1-16-9-11-18(12-10-16)24-17(2)36-26(29-24)28-23(31)15-35-22-8-4-6-20(14-22)27-25(32)19-5-3-7-21(13-19)30(33)34/h3-14H,15H2,1-2H3,(H,27,32)(H,28,29,31). The van der Waals surface area contributed by atoms with Crippen molar-refractivity contribution in [2.24, 2.45) is 0 Å². The first kappa shape index (κ1) is 25.1. The summed E-state index contributed by atoms with van der Waals surface area (Å²) >= 11 is 2.76. The summed E-state index contributed by atoms with van der Waals surface area (Å²) in [7, 11) is 0. The molecule has 182 valence electrons. The SMILES string of the molecule is Cc1ccc(-c2nc(NC(=O)CSc3cccc(NC(=O)c4cccc([N+](=O)[O-])c4)c3)sc2C)cc1. The van der Waals surface area contributed by atoms with Crippen LogP contribution in [-0.4, -0.2) is 27.5 Å². The molecule has 10 heteroatoms. The molecular formula is C26H22N4O4S2. The number of carbonyl (C=O) groups is 2. The van der Waals surface area contributed by atoms with Gasteiger partial charge in [0, 0.05) is 38.7 Å². The molecule has 8 nitrogen and oxygen atoms in total. The van der Waals surface area contributed by atoms with Crippen molar-refractivity contribution in [3.05, 3.63) is 98.9 Å². The third kappa shape index (κ3) is 6.35. The van der Waals surface area contributed by atoms with E-state index in [0.717, 1.165) is 21.0 Å². The molecule has 0 atom stereocenters. The van der Waals surface area contributed by atoms with Gasteiger partial charge in [0.05, 0.1) is 16.4 Å². The Morgan fingerprint density at radius 3 is 2.50 bits per heavy atom. The molecule has 4 aromatic rings. The van der Waals surface area contributed by atoms with E-state index in [1.807, 2.05) is 44.2 Å². The highest BCUT2D eigenvalue weighted by atomic mass is 32.2. The van der Waals surface area contributed by atoms with Gasteiger partial charge < -0.3 is 10.6 Å². The first-order valence-electron chi connectivity index (χ1n) is 10.9. The summed E-state index contributed by atoms with van der Waals surface area (Å²) in [4.78, 5) is 41.8. The summed E-state index contributed by atoms with van der Waals surface area (Å²) < 4.78 is 0. The number of carbonyl (C=O) groups excluding carboxylic acids is 2. The second-order valence-electron chi connectivity index (χ2n) is 7.92. The zero-order chi connectivity index (χ0) is 25.7. The fourth-order valence-electron chi connectivity index (χ4n) is 3.36. The van der Waals surface area contributed by atoms with Crippen LogP contribution in [0.3, 0.4) is 0 Å². The predicted octanol–water partition coefficient (Wildman–Crippen LogP) is 6.32. The normalized spacial score (nSPS) is 10.6. The van der Waals surface area contributed by atoms with Gasteiger partial charge in [0.25, 0.3) is 11.6 Å². The Kier molecular flexibility index (Phi) is 7.77. The maximum atomic E-state index is 12.5. The van der Waals surface area contributed by atoms with Gasteiger partial charge in [-0.25, -0.2) is 4.98 Å². The van der Waals surface area contributed by atoms with Gasteiger partial charge in [-0.2, -0.15) is 0 Å². The average Bonchev–Trinajstić information content (AvgIpc) is 3.23. The average molecular weight is 519 g/mol. The molecular weight excluding hydrogens is 496 g/mol.